The maximum atomic E-state index is 12.9. The zero-order chi connectivity index (χ0) is 22.2. The van der Waals surface area contributed by atoms with Gasteiger partial charge in [-0.1, -0.05) is 24.3 Å². The Bertz CT molecular complexity index is 1290. The lowest BCUT2D eigenvalue weighted by Gasteiger charge is -2.09. The molecule has 1 N–H and O–H groups in total. The number of nitro groups is 1. The number of hydrogen-bond acceptors (Lipinski definition) is 6. The Balaban J connectivity index is 1.55. The first-order valence-corrected chi connectivity index (χ1v) is 11.3. The number of aromatic nitrogens is 3. The van der Waals surface area contributed by atoms with E-state index < -0.39 is 14.9 Å². The second-order valence-corrected chi connectivity index (χ2v) is 9.15. The van der Waals surface area contributed by atoms with E-state index in [1.165, 1.54) is 16.8 Å². The van der Waals surface area contributed by atoms with Crippen LogP contribution in [0.1, 0.15) is 30.1 Å². The van der Waals surface area contributed by atoms with Crippen molar-refractivity contribution >= 4 is 15.7 Å². The summed E-state index contributed by atoms with van der Waals surface area (Å²) in [6.45, 7) is 1.51. The maximum absolute atomic E-state index is 12.9. The fourth-order valence-corrected chi connectivity index (χ4v) is 4.63. The second kappa shape index (κ2) is 8.08. The first-order valence-electron chi connectivity index (χ1n) is 9.78. The summed E-state index contributed by atoms with van der Waals surface area (Å²) in [5, 5.41) is 15.4. The van der Waals surface area contributed by atoms with Gasteiger partial charge in [-0.25, -0.2) is 27.2 Å². The van der Waals surface area contributed by atoms with E-state index in [1.54, 1.807) is 11.5 Å². The molecule has 0 radical (unpaired) electrons. The van der Waals surface area contributed by atoms with E-state index in [0.29, 0.717) is 17.1 Å². The quantitative estimate of drug-likeness (QED) is 0.419. The van der Waals surface area contributed by atoms with Gasteiger partial charge in [0.2, 0.25) is 10.0 Å². The van der Waals surface area contributed by atoms with Gasteiger partial charge < -0.3 is 0 Å². The predicted octanol–water partition coefficient (Wildman–Crippen LogP) is 2.11. The Morgan fingerprint density at radius 3 is 2.55 bits per heavy atom. The molecule has 0 spiro atoms. The first-order chi connectivity index (χ1) is 14.8. The Kier molecular flexibility index (Phi) is 5.46. The number of non-ortho nitro benzene ring substituents is 1. The Morgan fingerprint density at radius 2 is 1.90 bits per heavy atom. The lowest BCUT2D eigenvalue weighted by Crippen LogP contribution is -2.32. The Morgan fingerprint density at radius 1 is 1.19 bits per heavy atom. The van der Waals surface area contributed by atoms with E-state index in [9.17, 15) is 23.3 Å². The van der Waals surface area contributed by atoms with Crippen molar-refractivity contribution in [2.24, 2.45) is 0 Å². The number of aryl methyl sites for hydroxylation is 1. The molecule has 1 aromatic heterocycles. The molecule has 0 aliphatic heterocycles. The number of sulfonamides is 1. The number of benzene rings is 2. The molecule has 10 nitrogen and oxygen atoms in total. The van der Waals surface area contributed by atoms with Gasteiger partial charge in [0.15, 0.2) is 0 Å². The summed E-state index contributed by atoms with van der Waals surface area (Å²) in [6, 6.07) is 12.9. The van der Waals surface area contributed by atoms with Gasteiger partial charge in [-0.3, -0.25) is 10.1 Å². The summed E-state index contributed by atoms with van der Waals surface area (Å²) in [6.07, 6.45) is 1.92. The molecule has 0 saturated heterocycles. The van der Waals surface area contributed by atoms with Gasteiger partial charge in [-0.2, -0.15) is 5.10 Å². The van der Waals surface area contributed by atoms with Crippen molar-refractivity contribution in [2.45, 2.75) is 37.1 Å². The molecular formula is C20H21N5O5S. The molecule has 162 valence electrons. The lowest BCUT2D eigenvalue weighted by atomic mass is 10.2. The van der Waals surface area contributed by atoms with Gasteiger partial charge in [0.25, 0.3) is 5.69 Å². The molecule has 3 aromatic rings. The van der Waals surface area contributed by atoms with Crippen LogP contribution in [0.25, 0.3) is 5.69 Å². The van der Waals surface area contributed by atoms with Crippen LogP contribution in [0.5, 0.6) is 0 Å². The highest BCUT2D eigenvalue weighted by Crippen LogP contribution is 2.39. The normalized spacial score (nSPS) is 14.0. The third-order valence-corrected chi connectivity index (χ3v) is 6.71. The molecule has 4 rings (SSSR count). The fraction of sp³-hybridized carbons (Fsp3) is 0.300. The smallest absolute Gasteiger partial charge is 0.258 e. The van der Waals surface area contributed by atoms with Crippen LogP contribution in [0, 0.1) is 17.0 Å². The molecule has 0 amide bonds. The van der Waals surface area contributed by atoms with Crippen LogP contribution in [0.2, 0.25) is 0 Å². The van der Waals surface area contributed by atoms with Crippen molar-refractivity contribution < 1.29 is 13.3 Å². The number of rotatable bonds is 8. The Hall–Kier alpha value is -3.31. The van der Waals surface area contributed by atoms with Crippen molar-refractivity contribution in [1.29, 1.82) is 0 Å². The SMILES string of the molecule is Cc1ccc([N+](=O)[O-])cc1S(=O)(=O)NCCn1nc(C2CC2)n(-c2ccccc2)c1=O. The van der Waals surface area contributed by atoms with Crippen LogP contribution in [0.3, 0.4) is 0 Å². The topological polar surface area (TPSA) is 129 Å². The minimum atomic E-state index is -3.99. The highest BCUT2D eigenvalue weighted by molar-refractivity contribution is 7.89. The van der Waals surface area contributed by atoms with Gasteiger partial charge in [0.05, 0.1) is 22.1 Å². The molecule has 11 heteroatoms. The molecular weight excluding hydrogens is 422 g/mol. The third kappa shape index (κ3) is 4.28. The van der Waals surface area contributed by atoms with Crippen molar-refractivity contribution in [3.63, 3.8) is 0 Å². The summed E-state index contributed by atoms with van der Waals surface area (Å²) in [5.41, 5.74) is 0.463. The number of hydrogen-bond donors (Lipinski definition) is 1. The van der Waals surface area contributed by atoms with E-state index in [4.69, 9.17) is 0 Å². The van der Waals surface area contributed by atoms with Crippen molar-refractivity contribution in [3.05, 3.63) is 80.5 Å². The minimum Gasteiger partial charge on any atom is -0.258 e. The largest absolute Gasteiger partial charge is 0.350 e. The molecule has 1 aliphatic rings. The molecule has 0 bridgehead atoms. The van der Waals surface area contributed by atoms with Gasteiger partial charge in [0.1, 0.15) is 5.82 Å². The highest BCUT2D eigenvalue weighted by Gasteiger charge is 2.31. The molecule has 1 fully saturated rings. The summed E-state index contributed by atoms with van der Waals surface area (Å²) < 4.78 is 30.6. The van der Waals surface area contributed by atoms with Gasteiger partial charge in [-0.15, -0.1) is 0 Å². The average molecular weight is 443 g/mol. The van der Waals surface area contributed by atoms with Crippen LogP contribution in [0.15, 0.2) is 58.2 Å². The van der Waals surface area contributed by atoms with Crippen LogP contribution in [-0.2, 0) is 16.6 Å². The predicted molar refractivity (Wildman–Crippen MR) is 113 cm³/mol. The van der Waals surface area contributed by atoms with Crippen LogP contribution in [-0.4, -0.2) is 34.2 Å². The van der Waals surface area contributed by atoms with E-state index in [0.717, 1.165) is 18.9 Å². The van der Waals surface area contributed by atoms with E-state index in [2.05, 4.69) is 9.82 Å². The van der Waals surface area contributed by atoms with Crippen molar-refractivity contribution in [2.75, 3.05) is 6.54 Å². The molecule has 1 aliphatic carbocycles. The molecule has 1 heterocycles. The average Bonchev–Trinajstić information content (AvgIpc) is 3.53. The van der Waals surface area contributed by atoms with E-state index in [-0.39, 0.29) is 35.3 Å². The van der Waals surface area contributed by atoms with Crippen LogP contribution < -0.4 is 10.4 Å². The summed E-state index contributed by atoms with van der Waals surface area (Å²) in [4.78, 5) is 23.1. The van der Waals surface area contributed by atoms with Crippen molar-refractivity contribution in [1.82, 2.24) is 19.1 Å². The highest BCUT2D eigenvalue weighted by atomic mass is 32.2. The fourth-order valence-electron chi connectivity index (χ4n) is 3.35. The summed E-state index contributed by atoms with van der Waals surface area (Å²) in [5.74, 6) is 0.895. The molecule has 1 saturated carbocycles. The van der Waals surface area contributed by atoms with Gasteiger partial charge in [0, 0.05) is 24.6 Å². The van der Waals surface area contributed by atoms with Crippen LogP contribution >= 0.6 is 0 Å². The lowest BCUT2D eigenvalue weighted by molar-refractivity contribution is -0.385. The zero-order valence-electron chi connectivity index (χ0n) is 16.8. The summed E-state index contributed by atoms with van der Waals surface area (Å²) >= 11 is 0. The number of nitro benzene ring substituents is 1. The van der Waals surface area contributed by atoms with Gasteiger partial charge >= 0.3 is 5.69 Å². The minimum absolute atomic E-state index is 0.0333. The Labute approximate surface area is 178 Å². The first kappa shape index (κ1) is 20.9. The standard InChI is InChI=1S/C20H21N5O5S/c1-14-7-10-17(25(27)28)13-18(14)31(29,30)21-11-12-23-20(26)24(16-5-3-2-4-6-16)19(22-23)15-8-9-15/h2-7,10,13,15,21H,8-9,11-12H2,1H3. The number of nitrogens with zero attached hydrogens (tertiary/aromatic N) is 4. The molecule has 0 unspecified atom stereocenters. The molecule has 31 heavy (non-hydrogen) atoms. The van der Waals surface area contributed by atoms with E-state index >= 15 is 0 Å². The van der Waals surface area contributed by atoms with Crippen molar-refractivity contribution in [3.8, 4) is 5.69 Å². The van der Waals surface area contributed by atoms with E-state index in [1.807, 2.05) is 30.3 Å². The van der Waals surface area contributed by atoms with Gasteiger partial charge in [-0.05, 0) is 37.5 Å². The number of nitrogens with one attached hydrogen (secondary N) is 1. The summed E-state index contributed by atoms with van der Waals surface area (Å²) in [7, 11) is -3.99. The second-order valence-electron chi connectivity index (χ2n) is 7.41. The zero-order valence-corrected chi connectivity index (χ0v) is 17.6. The van der Waals surface area contributed by atoms with Crippen LogP contribution in [0.4, 0.5) is 5.69 Å². The third-order valence-electron chi connectivity index (χ3n) is 5.11. The monoisotopic (exact) mass is 443 g/mol. The molecule has 2 aromatic carbocycles. The number of para-hydroxylation sites is 1. The maximum Gasteiger partial charge on any atom is 0.350 e. The molecule has 0 atom stereocenters.